The number of cyclic esters (lactones) is 1. The van der Waals surface area contributed by atoms with Crippen LogP contribution in [0.1, 0.15) is 24.8 Å². The van der Waals surface area contributed by atoms with Crippen molar-refractivity contribution in [2.75, 3.05) is 0 Å². The van der Waals surface area contributed by atoms with Gasteiger partial charge < -0.3 is 4.74 Å². The molecule has 2 atom stereocenters. The van der Waals surface area contributed by atoms with E-state index in [4.69, 9.17) is 4.74 Å². The highest BCUT2D eigenvalue weighted by atomic mass is 16.5. The Bertz CT molecular complexity index is 305. The van der Waals surface area contributed by atoms with Crippen molar-refractivity contribution in [1.82, 2.24) is 0 Å². The van der Waals surface area contributed by atoms with E-state index in [0.29, 0.717) is 6.42 Å². The van der Waals surface area contributed by atoms with Crippen molar-refractivity contribution < 1.29 is 9.53 Å². The minimum absolute atomic E-state index is 0.0231. The first-order valence-electron chi connectivity index (χ1n) is 4.52. The number of esters is 1. The zero-order valence-corrected chi connectivity index (χ0v) is 7.57. The Labute approximate surface area is 77.5 Å². The van der Waals surface area contributed by atoms with E-state index in [2.05, 4.69) is 0 Å². The van der Waals surface area contributed by atoms with E-state index in [1.165, 1.54) is 5.56 Å². The van der Waals surface area contributed by atoms with Gasteiger partial charge in [-0.2, -0.15) is 0 Å². The lowest BCUT2D eigenvalue weighted by molar-refractivity contribution is -0.140. The maximum atomic E-state index is 11.0. The van der Waals surface area contributed by atoms with Crippen LogP contribution in [0, 0.1) is 0 Å². The number of hydrogen-bond acceptors (Lipinski definition) is 2. The van der Waals surface area contributed by atoms with Crippen molar-refractivity contribution >= 4 is 5.97 Å². The van der Waals surface area contributed by atoms with Crippen LogP contribution in [0.3, 0.4) is 0 Å². The van der Waals surface area contributed by atoms with Crippen molar-refractivity contribution in [2.24, 2.45) is 0 Å². The Morgan fingerprint density at radius 2 is 2.00 bits per heavy atom. The lowest BCUT2D eigenvalue weighted by atomic mass is 9.93. The molecule has 0 radical (unpaired) electrons. The molecule has 2 heteroatoms. The summed E-state index contributed by atoms with van der Waals surface area (Å²) in [5.41, 5.74) is 1.20. The van der Waals surface area contributed by atoms with Crippen LogP contribution in [0.2, 0.25) is 0 Å². The molecule has 2 rings (SSSR count). The van der Waals surface area contributed by atoms with Gasteiger partial charge in [0.1, 0.15) is 6.10 Å². The van der Waals surface area contributed by atoms with Gasteiger partial charge in [-0.1, -0.05) is 30.3 Å². The minimum atomic E-state index is -0.0821. The molecule has 1 heterocycles. The van der Waals surface area contributed by atoms with Gasteiger partial charge in [0.2, 0.25) is 0 Å². The molecule has 0 bridgehead atoms. The van der Waals surface area contributed by atoms with E-state index in [1.807, 2.05) is 37.3 Å². The molecule has 2 nitrogen and oxygen atoms in total. The minimum Gasteiger partial charge on any atom is -0.462 e. The molecular weight excluding hydrogens is 164 g/mol. The van der Waals surface area contributed by atoms with Crippen LogP contribution in [0.25, 0.3) is 0 Å². The quantitative estimate of drug-likeness (QED) is 0.612. The van der Waals surface area contributed by atoms with Crippen molar-refractivity contribution in [3.05, 3.63) is 35.9 Å². The first kappa shape index (κ1) is 8.30. The zero-order chi connectivity index (χ0) is 9.26. The Kier molecular flexibility index (Phi) is 2.05. The molecule has 1 aromatic carbocycles. The van der Waals surface area contributed by atoms with E-state index in [-0.39, 0.29) is 18.0 Å². The third-order valence-corrected chi connectivity index (χ3v) is 2.50. The van der Waals surface area contributed by atoms with E-state index < -0.39 is 0 Å². The molecule has 1 saturated heterocycles. The first-order chi connectivity index (χ1) is 6.27. The van der Waals surface area contributed by atoms with Gasteiger partial charge in [0.25, 0.3) is 0 Å². The van der Waals surface area contributed by atoms with Crippen LogP contribution in [0.5, 0.6) is 0 Å². The molecule has 1 aliphatic rings. The molecule has 0 N–H and O–H groups in total. The van der Waals surface area contributed by atoms with Gasteiger partial charge in [0.05, 0.1) is 6.42 Å². The molecule has 0 aromatic heterocycles. The van der Waals surface area contributed by atoms with Crippen molar-refractivity contribution in [3.8, 4) is 0 Å². The molecule has 1 aromatic rings. The fourth-order valence-corrected chi connectivity index (χ4v) is 1.77. The Balaban J connectivity index is 2.23. The molecular formula is C11H12O2. The second-order valence-corrected chi connectivity index (χ2v) is 3.42. The summed E-state index contributed by atoms with van der Waals surface area (Å²) in [5.74, 6) is 0.162. The highest BCUT2D eigenvalue weighted by Crippen LogP contribution is 2.31. The van der Waals surface area contributed by atoms with Gasteiger partial charge >= 0.3 is 5.97 Å². The molecule has 0 aliphatic carbocycles. The van der Waals surface area contributed by atoms with Crippen LogP contribution >= 0.6 is 0 Å². The lowest BCUT2D eigenvalue weighted by Crippen LogP contribution is -2.08. The summed E-state index contributed by atoms with van der Waals surface area (Å²) in [7, 11) is 0. The van der Waals surface area contributed by atoms with Crippen LogP contribution in [-0.4, -0.2) is 12.1 Å². The van der Waals surface area contributed by atoms with Gasteiger partial charge in [-0.3, -0.25) is 4.79 Å². The van der Waals surface area contributed by atoms with E-state index >= 15 is 0 Å². The number of benzene rings is 1. The van der Waals surface area contributed by atoms with Crippen LogP contribution in [0.15, 0.2) is 30.3 Å². The summed E-state index contributed by atoms with van der Waals surface area (Å²) in [6, 6.07) is 10.0. The first-order valence-corrected chi connectivity index (χ1v) is 4.52. The fraction of sp³-hybridized carbons (Fsp3) is 0.364. The Hall–Kier alpha value is -1.31. The Morgan fingerprint density at radius 3 is 2.54 bits per heavy atom. The molecule has 0 spiro atoms. The molecule has 0 saturated carbocycles. The number of rotatable bonds is 1. The predicted molar refractivity (Wildman–Crippen MR) is 49.4 cm³/mol. The standard InChI is InChI=1S/C11H12O2/c1-8-10(7-11(12)13-8)9-5-3-2-4-6-9/h2-6,8,10H,7H2,1H3/t8-,10+/m0/s1. The molecule has 0 amide bonds. The highest BCUT2D eigenvalue weighted by Gasteiger charge is 2.32. The van der Waals surface area contributed by atoms with Crippen LogP contribution in [0.4, 0.5) is 0 Å². The van der Waals surface area contributed by atoms with Crippen molar-refractivity contribution in [3.63, 3.8) is 0 Å². The molecule has 13 heavy (non-hydrogen) atoms. The maximum absolute atomic E-state index is 11.0. The summed E-state index contributed by atoms with van der Waals surface area (Å²) in [6.45, 7) is 1.95. The SMILES string of the molecule is C[C@@H]1OC(=O)C[C@H]1c1ccccc1. The highest BCUT2D eigenvalue weighted by molar-refractivity contribution is 5.73. The smallest absolute Gasteiger partial charge is 0.306 e. The summed E-state index contributed by atoms with van der Waals surface area (Å²) in [4.78, 5) is 11.0. The predicted octanol–water partition coefficient (Wildman–Crippen LogP) is 2.11. The molecule has 0 unspecified atom stereocenters. The number of carbonyl (C=O) groups excluding carboxylic acids is 1. The third kappa shape index (κ3) is 1.57. The molecule has 68 valence electrons. The van der Waals surface area contributed by atoms with E-state index in [1.54, 1.807) is 0 Å². The van der Waals surface area contributed by atoms with E-state index in [9.17, 15) is 4.79 Å². The zero-order valence-electron chi connectivity index (χ0n) is 7.57. The van der Waals surface area contributed by atoms with Crippen molar-refractivity contribution in [1.29, 1.82) is 0 Å². The molecule has 1 aliphatic heterocycles. The lowest BCUT2D eigenvalue weighted by Gasteiger charge is -2.12. The van der Waals surface area contributed by atoms with Crippen molar-refractivity contribution in [2.45, 2.75) is 25.4 Å². The summed E-state index contributed by atoms with van der Waals surface area (Å²) >= 11 is 0. The summed E-state index contributed by atoms with van der Waals surface area (Å²) in [6.07, 6.45) is 0.542. The normalized spacial score (nSPS) is 27.3. The Morgan fingerprint density at radius 1 is 1.31 bits per heavy atom. The second-order valence-electron chi connectivity index (χ2n) is 3.42. The second kappa shape index (κ2) is 3.21. The van der Waals surface area contributed by atoms with Crippen LogP contribution < -0.4 is 0 Å². The summed E-state index contributed by atoms with van der Waals surface area (Å²) < 4.78 is 5.09. The fourth-order valence-electron chi connectivity index (χ4n) is 1.77. The maximum Gasteiger partial charge on any atom is 0.306 e. The summed E-state index contributed by atoms with van der Waals surface area (Å²) in [5, 5.41) is 0. The largest absolute Gasteiger partial charge is 0.462 e. The van der Waals surface area contributed by atoms with Crippen LogP contribution in [-0.2, 0) is 9.53 Å². The van der Waals surface area contributed by atoms with Gasteiger partial charge in [0.15, 0.2) is 0 Å². The van der Waals surface area contributed by atoms with Gasteiger partial charge in [-0.15, -0.1) is 0 Å². The van der Waals surface area contributed by atoms with Gasteiger partial charge in [-0.25, -0.2) is 0 Å². The number of hydrogen-bond donors (Lipinski definition) is 0. The third-order valence-electron chi connectivity index (χ3n) is 2.50. The monoisotopic (exact) mass is 176 g/mol. The average molecular weight is 176 g/mol. The molecule has 1 fully saturated rings. The average Bonchev–Trinajstić information content (AvgIpc) is 2.47. The van der Waals surface area contributed by atoms with E-state index in [0.717, 1.165) is 0 Å². The van der Waals surface area contributed by atoms with Gasteiger partial charge in [0, 0.05) is 5.92 Å². The number of carbonyl (C=O) groups is 1. The number of ether oxygens (including phenoxy) is 1. The topological polar surface area (TPSA) is 26.3 Å². The van der Waals surface area contributed by atoms with Gasteiger partial charge in [-0.05, 0) is 12.5 Å².